The van der Waals surface area contributed by atoms with E-state index in [4.69, 9.17) is 10.8 Å². The molecule has 90 valence electrons. The van der Waals surface area contributed by atoms with Crippen LogP contribution in [0.5, 0.6) is 0 Å². The third-order valence-electron chi connectivity index (χ3n) is 2.95. The predicted molar refractivity (Wildman–Crippen MR) is 59.8 cm³/mol. The number of likely N-dealkylation sites (tertiary alicyclic amines) is 1. The summed E-state index contributed by atoms with van der Waals surface area (Å²) in [7, 11) is 0. The van der Waals surface area contributed by atoms with Crippen LogP contribution in [0, 0.1) is 0 Å². The number of hydrogen-bond donors (Lipinski definition) is 2. The normalized spacial score (nSPS) is 22.7. The molecule has 1 aliphatic heterocycles. The second kappa shape index (κ2) is 5.12. The van der Waals surface area contributed by atoms with Crippen molar-refractivity contribution in [3.05, 3.63) is 11.1 Å². The molecule has 3 N–H and O–H groups in total. The number of piperidine rings is 1. The van der Waals surface area contributed by atoms with Gasteiger partial charge in [-0.1, -0.05) is 0 Å². The zero-order valence-corrected chi connectivity index (χ0v) is 9.69. The van der Waals surface area contributed by atoms with Crippen molar-refractivity contribution >= 4 is 11.9 Å². The van der Waals surface area contributed by atoms with Crippen molar-refractivity contribution < 1.29 is 14.7 Å². The Bertz CT molecular complexity index is 336. The summed E-state index contributed by atoms with van der Waals surface area (Å²) in [4.78, 5) is 24.3. The van der Waals surface area contributed by atoms with Crippen LogP contribution in [0.2, 0.25) is 0 Å². The van der Waals surface area contributed by atoms with Crippen LogP contribution < -0.4 is 5.73 Å². The van der Waals surface area contributed by atoms with Gasteiger partial charge in [0.15, 0.2) is 0 Å². The molecule has 1 heterocycles. The van der Waals surface area contributed by atoms with E-state index in [2.05, 4.69) is 0 Å². The molecule has 0 aliphatic carbocycles. The van der Waals surface area contributed by atoms with Crippen LogP contribution in [0.4, 0.5) is 0 Å². The van der Waals surface area contributed by atoms with E-state index in [0.717, 1.165) is 12.8 Å². The van der Waals surface area contributed by atoms with Gasteiger partial charge in [-0.25, -0.2) is 4.79 Å². The number of carboxylic acids is 1. The highest BCUT2D eigenvalue weighted by Crippen LogP contribution is 2.13. The lowest BCUT2D eigenvalue weighted by Gasteiger charge is -2.31. The van der Waals surface area contributed by atoms with Crippen molar-refractivity contribution in [3.8, 4) is 0 Å². The first-order chi connectivity index (χ1) is 7.43. The number of nitrogens with zero attached hydrogens (tertiary/aromatic N) is 1. The van der Waals surface area contributed by atoms with Crippen LogP contribution in [0.1, 0.15) is 26.7 Å². The Kier molecular flexibility index (Phi) is 4.06. The summed E-state index contributed by atoms with van der Waals surface area (Å²) in [5.74, 6) is -1.26. The van der Waals surface area contributed by atoms with Gasteiger partial charge in [-0.15, -0.1) is 0 Å². The summed E-state index contributed by atoms with van der Waals surface area (Å²) in [6, 6.07) is 0.00985. The fourth-order valence-corrected chi connectivity index (χ4v) is 1.75. The maximum Gasteiger partial charge on any atom is 0.331 e. The second-order valence-corrected chi connectivity index (χ2v) is 4.21. The number of nitrogens with two attached hydrogens (primary N) is 1. The Morgan fingerprint density at radius 1 is 1.31 bits per heavy atom. The summed E-state index contributed by atoms with van der Waals surface area (Å²) in [6.07, 6.45) is 1.80. The van der Waals surface area contributed by atoms with Crippen LogP contribution in [-0.4, -0.2) is 41.0 Å². The number of carbonyl (C=O) groups excluding carboxylic acids is 1. The Hall–Kier alpha value is -1.36. The average molecular weight is 226 g/mol. The minimum Gasteiger partial charge on any atom is -0.478 e. The Morgan fingerprint density at radius 3 is 2.44 bits per heavy atom. The zero-order valence-electron chi connectivity index (χ0n) is 9.69. The second-order valence-electron chi connectivity index (χ2n) is 4.21. The molecule has 1 rings (SSSR count). The van der Waals surface area contributed by atoms with Crippen LogP contribution >= 0.6 is 0 Å². The van der Waals surface area contributed by atoms with Gasteiger partial charge in [-0.05, 0) is 26.7 Å². The number of amides is 1. The van der Waals surface area contributed by atoms with E-state index in [9.17, 15) is 9.59 Å². The first-order valence-electron chi connectivity index (χ1n) is 5.39. The summed E-state index contributed by atoms with van der Waals surface area (Å²) in [5.41, 5.74) is 6.17. The first-order valence-corrected chi connectivity index (χ1v) is 5.39. The molecule has 0 radical (unpaired) electrons. The van der Waals surface area contributed by atoms with Gasteiger partial charge in [0.25, 0.3) is 0 Å². The fourth-order valence-electron chi connectivity index (χ4n) is 1.75. The number of aliphatic carboxylic acids is 1. The fraction of sp³-hybridized carbons (Fsp3) is 0.636. The van der Waals surface area contributed by atoms with Gasteiger partial charge in [-0.2, -0.15) is 0 Å². The van der Waals surface area contributed by atoms with Gasteiger partial charge in [0.05, 0.1) is 0 Å². The lowest BCUT2D eigenvalue weighted by atomic mass is 10.0. The molecule has 5 heteroatoms. The molecule has 0 spiro atoms. The number of carbonyl (C=O) groups is 2. The molecule has 1 unspecified atom stereocenters. The molecule has 1 atom stereocenters. The lowest BCUT2D eigenvalue weighted by Crippen LogP contribution is -2.46. The summed E-state index contributed by atoms with van der Waals surface area (Å²) in [6.45, 7) is 4.17. The van der Waals surface area contributed by atoms with Crippen molar-refractivity contribution in [1.29, 1.82) is 0 Å². The predicted octanol–water partition coefficient (Wildman–Crippen LogP) is 0.357. The molecule has 1 saturated heterocycles. The van der Waals surface area contributed by atoms with Crippen LogP contribution in [-0.2, 0) is 9.59 Å². The van der Waals surface area contributed by atoms with Crippen molar-refractivity contribution in [2.45, 2.75) is 32.7 Å². The number of rotatable bonds is 2. The molecule has 0 aromatic rings. The molecule has 0 bridgehead atoms. The molecule has 0 aromatic carbocycles. The standard InChI is InChI=1S/C11H18N2O3/c1-7(8(2)11(15)16)10(14)13-5-3-4-9(12)6-13/h9H,3-6,12H2,1-2H3,(H,15,16). The SMILES string of the molecule is CC(C(=O)O)=C(C)C(=O)N1CCCC(N)C1. The minimum absolute atomic E-state index is 0.00985. The van der Waals surface area contributed by atoms with Gasteiger partial charge in [0, 0.05) is 30.3 Å². The summed E-state index contributed by atoms with van der Waals surface area (Å²) < 4.78 is 0. The highest BCUT2D eigenvalue weighted by molar-refractivity contribution is 6.01. The largest absolute Gasteiger partial charge is 0.478 e. The summed E-state index contributed by atoms with van der Waals surface area (Å²) >= 11 is 0. The molecule has 1 amide bonds. The van der Waals surface area contributed by atoms with Crippen molar-refractivity contribution in [3.63, 3.8) is 0 Å². The molecule has 0 aromatic heterocycles. The minimum atomic E-state index is -1.05. The van der Waals surface area contributed by atoms with E-state index in [1.54, 1.807) is 11.8 Å². The monoisotopic (exact) mass is 226 g/mol. The lowest BCUT2D eigenvalue weighted by molar-refractivity contribution is -0.134. The average Bonchev–Trinajstić information content (AvgIpc) is 2.26. The topological polar surface area (TPSA) is 83.6 Å². The van der Waals surface area contributed by atoms with Crippen LogP contribution in [0.3, 0.4) is 0 Å². The van der Waals surface area contributed by atoms with Crippen molar-refractivity contribution in [2.75, 3.05) is 13.1 Å². The number of carboxylic acid groups (broad SMARTS) is 1. The van der Waals surface area contributed by atoms with Gasteiger partial charge >= 0.3 is 5.97 Å². The number of hydrogen-bond acceptors (Lipinski definition) is 3. The quantitative estimate of drug-likeness (QED) is 0.666. The maximum absolute atomic E-state index is 11.9. The molecular weight excluding hydrogens is 208 g/mol. The summed E-state index contributed by atoms with van der Waals surface area (Å²) in [5, 5.41) is 8.80. The Labute approximate surface area is 94.9 Å². The maximum atomic E-state index is 11.9. The third-order valence-corrected chi connectivity index (χ3v) is 2.95. The molecule has 1 fully saturated rings. The van der Waals surface area contributed by atoms with E-state index in [1.165, 1.54) is 6.92 Å². The Morgan fingerprint density at radius 2 is 1.94 bits per heavy atom. The van der Waals surface area contributed by atoms with Gasteiger partial charge in [-0.3, -0.25) is 4.79 Å². The molecule has 16 heavy (non-hydrogen) atoms. The smallest absolute Gasteiger partial charge is 0.331 e. The van der Waals surface area contributed by atoms with Gasteiger partial charge in [0.2, 0.25) is 5.91 Å². The van der Waals surface area contributed by atoms with E-state index in [1.807, 2.05) is 0 Å². The third kappa shape index (κ3) is 2.82. The van der Waals surface area contributed by atoms with Gasteiger partial charge in [0.1, 0.15) is 0 Å². The highest BCUT2D eigenvalue weighted by Gasteiger charge is 2.23. The zero-order chi connectivity index (χ0) is 12.3. The van der Waals surface area contributed by atoms with E-state index in [-0.39, 0.29) is 17.5 Å². The molecular formula is C11H18N2O3. The highest BCUT2D eigenvalue weighted by atomic mass is 16.4. The van der Waals surface area contributed by atoms with Gasteiger partial charge < -0.3 is 15.7 Å². The molecule has 1 aliphatic rings. The van der Waals surface area contributed by atoms with Crippen LogP contribution in [0.15, 0.2) is 11.1 Å². The van der Waals surface area contributed by atoms with E-state index < -0.39 is 5.97 Å². The first kappa shape index (κ1) is 12.7. The Balaban J connectivity index is 2.77. The van der Waals surface area contributed by atoms with Crippen molar-refractivity contribution in [2.24, 2.45) is 5.73 Å². The van der Waals surface area contributed by atoms with E-state index in [0.29, 0.717) is 18.7 Å². The molecule has 5 nitrogen and oxygen atoms in total. The van der Waals surface area contributed by atoms with Crippen LogP contribution in [0.25, 0.3) is 0 Å². The molecule has 0 saturated carbocycles. The van der Waals surface area contributed by atoms with Crippen molar-refractivity contribution in [1.82, 2.24) is 4.90 Å². The van der Waals surface area contributed by atoms with E-state index >= 15 is 0 Å².